The Hall–Kier alpha value is -2.32. The number of carbonyl (C=O) groups excluding carboxylic acids is 2. The number of anilines is 1. The number of benzene rings is 1. The highest BCUT2D eigenvalue weighted by atomic mass is 35.5. The van der Waals surface area contributed by atoms with Gasteiger partial charge in [-0.2, -0.15) is 0 Å². The number of carbonyl (C=O) groups is 2. The van der Waals surface area contributed by atoms with Gasteiger partial charge in [0.05, 0.1) is 28.8 Å². The van der Waals surface area contributed by atoms with Gasteiger partial charge < -0.3 is 20.5 Å². The van der Waals surface area contributed by atoms with E-state index in [9.17, 15) is 9.59 Å². The Kier molecular flexibility index (Phi) is 6.53. The number of guanidine groups is 1. The molecule has 3 rings (SSSR count). The second kappa shape index (κ2) is 8.67. The normalized spacial score (nSPS) is 28.4. The van der Waals surface area contributed by atoms with E-state index in [0.29, 0.717) is 35.7 Å². The zero-order chi connectivity index (χ0) is 23.0. The summed E-state index contributed by atoms with van der Waals surface area (Å²) in [7, 11) is 0. The number of ether oxygens (including phenoxy) is 2. The summed E-state index contributed by atoms with van der Waals surface area (Å²) in [5.74, 6) is 0.00624. The van der Waals surface area contributed by atoms with Crippen LogP contribution in [0.2, 0.25) is 5.02 Å². The molecule has 0 aromatic heterocycles. The topological polar surface area (TPSA) is 106 Å². The zero-order valence-electron chi connectivity index (χ0n) is 18.7. The van der Waals surface area contributed by atoms with Crippen LogP contribution in [0.25, 0.3) is 0 Å². The number of nitrogens with one attached hydrogen (secondary N) is 1. The van der Waals surface area contributed by atoms with Gasteiger partial charge in [0.25, 0.3) is 0 Å². The van der Waals surface area contributed by atoms with Gasteiger partial charge in [-0.15, -0.1) is 4.99 Å². The fraction of sp³-hybridized carbons (Fsp3) is 0.591. The lowest BCUT2D eigenvalue weighted by atomic mass is 9.85. The minimum atomic E-state index is -0.891. The van der Waals surface area contributed by atoms with Gasteiger partial charge in [0.15, 0.2) is 0 Å². The molecule has 1 aromatic rings. The molecule has 3 atom stereocenters. The Morgan fingerprint density at radius 2 is 2.13 bits per heavy atom. The zero-order valence-corrected chi connectivity index (χ0v) is 19.5. The van der Waals surface area contributed by atoms with Crippen molar-refractivity contribution < 1.29 is 19.1 Å². The molecule has 0 unspecified atom stereocenters. The quantitative estimate of drug-likeness (QED) is 0.663. The molecule has 0 aliphatic carbocycles. The van der Waals surface area contributed by atoms with E-state index in [4.69, 9.17) is 26.8 Å². The predicted octanol–water partition coefficient (Wildman–Crippen LogP) is 3.82. The first kappa shape index (κ1) is 23.3. The molecule has 31 heavy (non-hydrogen) atoms. The third-order valence-electron chi connectivity index (χ3n) is 5.43. The third-order valence-corrected chi connectivity index (χ3v) is 5.85. The second-order valence-corrected chi connectivity index (χ2v) is 9.76. The molecule has 2 aliphatic heterocycles. The molecule has 0 spiro atoms. The number of aliphatic imine (C=N–C) groups is 1. The van der Waals surface area contributed by atoms with E-state index in [-0.39, 0.29) is 30.4 Å². The van der Waals surface area contributed by atoms with E-state index < -0.39 is 17.2 Å². The molecule has 0 bridgehead atoms. The fourth-order valence-corrected chi connectivity index (χ4v) is 4.37. The maximum absolute atomic E-state index is 13.4. The van der Waals surface area contributed by atoms with Crippen LogP contribution in [0.3, 0.4) is 0 Å². The number of nitrogen functional groups attached to an aromatic ring is 1. The highest BCUT2D eigenvalue weighted by Crippen LogP contribution is 2.37. The van der Waals surface area contributed by atoms with Crippen LogP contribution in [0.5, 0.6) is 0 Å². The monoisotopic (exact) mass is 450 g/mol. The number of rotatable bonds is 2. The SMILES string of the molecule is C[C@H]1C[C@H](N2C(=O)C[C@@](C)(c3cccc(N)c3Cl)N/C2=N\C(=O)OC(C)(C)C)CCO1. The molecule has 2 aliphatic rings. The first-order chi connectivity index (χ1) is 14.4. The molecule has 8 nitrogen and oxygen atoms in total. The van der Waals surface area contributed by atoms with Crippen LogP contribution in [0, 0.1) is 0 Å². The number of hydrogen-bond donors (Lipinski definition) is 2. The molecule has 9 heteroatoms. The lowest BCUT2D eigenvalue weighted by Crippen LogP contribution is -2.63. The molecule has 2 fully saturated rings. The van der Waals surface area contributed by atoms with Crippen LogP contribution in [0.15, 0.2) is 23.2 Å². The Morgan fingerprint density at radius 1 is 1.42 bits per heavy atom. The maximum atomic E-state index is 13.4. The highest BCUT2D eigenvalue weighted by Gasteiger charge is 2.44. The summed E-state index contributed by atoms with van der Waals surface area (Å²) in [6.45, 7) is 9.64. The van der Waals surface area contributed by atoms with Crippen molar-refractivity contribution in [1.29, 1.82) is 0 Å². The predicted molar refractivity (Wildman–Crippen MR) is 120 cm³/mol. The number of amides is 2. The van der Waals surface area contributed by atoms with Crippen LogP contribution >= 0.6 is 11.6 Å². The summed E-state index contributed by atoms with van der Waals surface area (Å²) >= 11 is 6.47. The van der Waals surface area contributed by atoms with Gasteiger partial charge in [-0.05, 0) is 59.1 Å². The highest BCUT2D eigenvalue weighted by molar-refractivity contribution is 6.34. The minimum absolute atomic E-state index is 0.00556. The summed E-state index contributed by atoms with van der Waals surface area (Å²) in [5, 5.41) is 3.67. The van der Waals surface area contributed by atoms with E-state index in [1.54, 1.807) is 37.8 Å². The van der Waals surface area contributed by atoms with Crippen molar-refractivity contribution in [1.82, 2.24) is 10.2 Å². The molecule has 3 N–H and O–H groups in total. The average Bonchev–Trinajstić information content (AvgIpc) is 2.61. The van der Waals surface area contributed by atoms with Crippen LogP contribution in [0.1, 0.15) is 59.4 Å². The van der Waals surface area contributed by atoms with Gasteiger partial charge >= 0.3 is 6.09 Å². The van der Waals surface area contributed by atoms with Crippen molar-refractivity contribution in [2.45, 2.75) is 77.2 Å². The van der Waals surface area contributed by atoms with E-state index in [2.05, 4.69) is 10.3 Å². The van der Waals surface area contributed by atoms with E-state index >= 15 is 0 Å². The molecule has 170 valence electrons. The molecular weight excluding hydrogens is 420 g/mol. The molecular formula is C22H31ClN4O4. The Labute approximate surface area is 188 Å². The molecule has 2 saturated heterocycles. The Morgan fingerprint density at radius 3 is 2.77 bits per heavy atom. The number of nitrogens with zero attached hydrogens (tertiary/aromatic N) is 2. The summed E-state index contributed by atoms with van der Waals surface area (Å²) in [4.78, 5) is 31.7. The summed E-state index contributed by atoms with van der Waals surface area (Å²) < 4.78 is 11.0. The summed E-state index contributed by atoms with van der Waals surface area (Å²) in [6, 6.07) is 5.16. The standard InChI is InChI=1S/C22H31ClN4O4/c1-13-11-14(9-10-30-13)27-17(28)12-22(5,15-7-6-8-16(24)18(15)23)26-19(27)25-20(29)31-21(2,3)4/h6-8,13-14H,9-12,24H2,1-5H3,(H,25,26,29)/t13-,14+,22-/m0/s1. The molecule has 2 heterocycles. The van der Waals surface area contributed by atoms with Crippen molar-refractivity contribution in [2.75, 3.05) is 12.3 Å². The van der Waals surface area contributed by atoms with Crippen molar-refractivity contribution in [3.63, 3.8) is 0 Å². The number of nitrogens with two attached hydrogens (primary N) is 1. The Balaban J connectivity index is 2.01. The van der Waals surface area contributed by atoms with Crippen molar-refractivity contribution in [3.8, 4) is 0 Å². The van der Waals surface area contributed by atoms with Crippen LogP contribution in [-0.2, 0) is 19.8 Å². The lowest BCUT2D eigenvalue weighted by molar-refractivity contribution is -0.134. The van der Waals surface area contributed by atoms with E-state index in [1.807, 2.05) is 19.9 Å². The first-order valence-corrected chi connectivity index (χ1v) is 10.9. The van der Waals surface area contributed by atoms with Crippen LogP contribution < -0.4 is 11.1 Å². The first-order valence-electron chi connectivity index (χ1n) is 10.5. The maximum Gasteiger partial charge on any atom is 0.437 e. The molecule has 0 radical (unpaired) electrons. The number of halogens is 1. The van der Waals surface area contributed by atoms with Gasteiger partial charge in [-0.25, -0.2) is 4.79 Å². The third kappa shape index (κ3) is 5.30. The smallest absolute Gasteiger partial charge is 0.437 e. The van der Waals surface area contributed by atoms with Crippen molar-refractivity contribution in [2.24, 2.45) is 4.99 Å². The van der Waals surface area contributed by atoms with Gasteiger partial charge in [0.1, 0.15) is 5.60 Å². The fourth-order valence-electron chi connectivity index (χ4n) is 4.03. The van der Waals surface area contributed by atoms with Crippen molar-refractivity contribution in [3.05, 3.63) is 28.8 Å². The second-order valence-electron chi connectivity index (χ2n) is 9.38. The Bertz CT molecular complexity index is 898. The van der Waals surface area contributed by atoms with E-state index in [1.165, 1.54) is 0 Å². The summed E-state index contributed by atoms with van der Waals surface area (Å²) in [5.41, 5.74) is 5.47. The van der Waals surface area contributed by atoms with Crippen LogP contribution in [-0.4, -0.2) is 47.2 Å². The molecule has 2 amide bonds. The molecule has 1 aromatic carbocycles. The van der Waals surface area contributed by atoms with E-state index in [0.717, 1.165) is 0 Å². The van der Waals surface area contributed by atoms with Gasteiger partial charge in [-0.1, -0.05) is 23.7 Å². The minimum Gasteiger partial charge on any atom is -0.442 e. The van der Waals surface area contributed by atoms with Gasteiger partial charge in [-0.3, -0.25) is 9.69 Å². The summed E-state index contributed by atoms with van der Waals surface area (Å²) in [6.07, 6.45) is 0.675. The molecule has 0 saturated carbocycles. The van der Waals surface area contributed by atoms with Gasteiger partial charge in [0.2, 0.25) is 11.9 Å². The number of hydrogen-bond acceptors (Lipinski definition) is 5. The van der Waals surface area contributed by atoms with Gasteiger partial charge in [0, 0.05) is 12.6 Å². The largest absolute Gasteiger partial charge is 0.442 e. The van der Waals surface area contributed by atoms with Crippen molar-refractivity contribution >= 4 is 35.2 Å². The lowest BCUT2D eigenvalue weighted by Gasteiger charge is -2.45. The van der Waals surface area contributed by atoms with Crippen LogP contribution in [0.4, 0.5) is 10.5 Å². The average molecular weight is 451 g/mol.